The van der Waals surface area contributed by atoms with E-state index in [1.165, 1.54) is 6.92 Å². The van der Waals surface area contributed by atoms with E-state index in [-0.39, 0.29) is 11.8 Å². The van der Waals surface area contributed by atoms with Crippen LogP contribution in [0.4, 0.5) is 5.69 Å². The molecule has 21 heavy (non-hydrogen) atoms. The van der Waals surface area contributed by atoms with Crippen molar-refractivity contribution in [2.45, 2.75) is 45.2 Å². The van der Waals surface area contributed by atoms with Crippen molar-refractivity contribution in [3.8, 4) is 0 Å². The van der Waals surface area contributed by atoms with E-state index in [2.05, 4.69) is 10.6 Å². The summed E-state index contributed by atoms with van der Waals surface area (Å²) in [4.78, 5) is 21.8. The molecule has 3 N–H and O–H groups in total. The highest BCUT2D eigenvalue weighted by atomic mass is 16.4. The largest absolute Gasteiger partial charge is 0.481 e. The van der Waals surface area contributed by atoms with Crippen LogP contribution in [0.25, 0.3) is 0 Å². The van der Waals surface area contributed by atoms with Gasteiger partial charge in [0.25, 0.3) is 0 Å². The van der Waals surface area contributed by atoms with Crippen molar-refractivity contribution in [2.75, 3.05) is 5.32 Å². The molecule has 114 valence electrons. The zero-order chi connectivity index (χ0) is 15.2. The fraction of sp³-hybridized carbons (Fsp3) is 0.500. The number of hydrogen-bond acceptors (Lipinski definition) is 3. The fourth-order valence-electron chi connectivity index (χ4n) is 2.72. The normalized spacial score (nSPS) is 21.8. The molecule has 2 rings (SSSR count). The van der Waals surface area contributed by atoms with Crippen molar-refractivity contribution in [1.82, 2.24) is 5.32 Å². The Bertz CT molecular complexity index is 491. The molecule has 5 heteroatoms. The number of carbonyl (C=O) groups is 2. The Balaban J connectivity index is 1.76. The van der Waals surface area contributed by atoms with Gasteiger partial charge in [0.2, 0.25) is 5.91 Å². The summed E-state index contributed by atoms with van der Waals surface area (Å²) >= 11 is 0. The van der Waals surface area contributed by atoms with E-state index < -0.39 is 5.97 Å². The van der Waals surface area contributed by atoms with Gasteiger partial charge in [-0.25, -0.2) is 0 Å². The van der Waals surface area contributed by atoms with Crippen LogP contribution in [0.2, 0.25) is 0 Å². The van der Waals surface area contributed by atoms with Crippen molar-refractivity contribution < 1.29 is 14.7 Å². The maximum atomic E-state index is 10.9. The summed E-state index contributed by atoms with van der Waals surface area (Å²) in [5.74, 6) is -0.905. The number of benzene rings is 1. The number of amides is 1. The van der Waals surface area contributed by atoms with E-state index in [1.54, 1.807) is 0 Å². The number of carbonyl (C=O) groups excluding carboxylic acids is 1. The minimum Gasteiger partial charge on any atom is -0.481 e. The van der Waals surface area contributed by atoms with Crippen molar-refractivity contribution in [2.24, 2.45) is 5.92 Å². The van der Waals surface area contributed by atoms with Crippen LogP contribution in [0, 0.1) is 5.92 Å². The molecule has 1 aliphatic rings. The third-order valence-corrected chi connectivity index (χ3v) is 3.95. The van der Waals surface area contributed by atoms with Crippen LogP contribution in [0.15, 0.2) is 24.3 Å². The summed E-state index contributed by atoms with van der Waals surface area (Å²) in [6, 6.07) is 8.15. The lowest BCUT2D eigenvalue weighted by Crippen LogP contribution is -2.34. The predicted molar refractivity (Wildman–Crippen MR) is 81.0 cm³/mol. The third kappa shape index (κ3) is 4.86. The van der Waals surface area contributed by atoms with Crippen LogP contribution in [0.3, 0.4) is 0 Å². The first-order valence-corrected chi connectivity index (χ1v) is 7.37. The Morgan fingerprint density at radius 2 is 1.76 bits per heavy atom. The van der Waals surface area contributed by atoms with Gasteiger partial charge in [-0.15, -0.1) is 0 Å². The number of nitrogens with one attached hydrogen (secondary N) is 2. The van der Waals surface area contributed by atoms with Crippen molar-refractivity contribution in [3.05, 3.63) is 29.8 Å². The van der Waals surface area contributed by atoms with Crippen LogP contribution in [0.5, 0.6) is 0 Å². The first kappa shape index (κ1) is 15.5. The molecule has 1 aromatic rings. The Morgan fingerprint density at radius 1 is 1.14 bits per heavy atom. The average Bonchev–Trinajstić information content (AvgIpc) is 2.46. The molecule has 1 saturated carbocycles. The first-order valence-electron chi connectivity index (χ1n) is 7.37. The summed E-state index contributed by atoms with van der Waals surface area (Å²) in [5.41, 5.74) is 1.96. The molecule has 0 bridgehead atoms. The SMILES string of the molecule is CC(=O)Nc1ccc(CNC2CCC(C(=O)O)CC2)cc1. The van der Waals surface area contributed by atoms with Gasteiger partial charge in [0.15, 0.2) is 0 Å². The molecule has 1 aliphatic carbocycles. The van der Waals surface area contributed by atoms with Gasteiger partial charge >= 0.3 is 5.97 Å². The van der Waals surface area contributed by atoms with Crippen LogP contribution in [0.1, 0.15) is 38.2 Å². The Labute approximate surface area is 124 Å². The molecule has 0 heterocycles. The lowest BCUT2D eigenvalue weighted by molar-refractivity contribution is -0.142. The Hall–Kier alpha value is -1.88. The highest BCUT2D eigenvalue weighted by Gasteiger charge is 2.25. The first-order chi connectivity index (χ1) is 10.0. The second kappa shape index (κ2) is 7.22. The third-order valence-electron chi connectivity index (χ3n) is 3.95. The Kier molecular flexibility index (Phi) is 5.33. The molecule has 1 fully saturated rings. The van der Waals surface area contributed by atoms with Gasteiger partial charge in [0, 0.05) is 25.2 Å². The number of rotatable bonds is 5. The molecule has 0 atom stereocenters. The molecule has 0 aliphatic heterocycles. The van der Waals surface area contributed by atoms with E-state index in [1.807, 2.05) is 24.3 Å². The maximum absolute atomic E-state index is 10.9. The summed E-state index contributed by atoms with van der Waals surface area (Å²) in [6.07, 6.45) is 3.35. The number of hydrogen-bond donors (Lipinski definition) is 3. The lowest BCUT2D eigenvalue weighted by atomic mass is 9.86. The second-order valence-electron chi connectivity index (χ2n) is 5.65. The summed E-state index contributed by atoms with van der Waals surface area (Å²) in [7, 11) is 0. The van der Waals surface area contributed by atoms with Crippen LogP contribution >= 0.6 is 0 Å². The zero-order valence-corrected chi connectivity index (χ0v) is 12.3. The molecule has 0 spiro atoms. The van der Waals surface area contributed by atoms with Crippen molar-refractivity contribution >= 4 is 17.6 Å². The van der Waals surface area contributed by atoms with Crippen molar-refractivity contribution in [3.63, 3.8) is 0 Å². The van der Waals surface area contributed by atoms with Crippen LogP contribution < -0.4 is 10.6 Å². The van der Waals surface area contributed by atoms with Gasteiger partial charge in [-0.1, -0.05) is 12.1 Å². The monoisotopic (exact) mass is 290 g/mol. The average molecular weight is 290 g/mol. The van der Waals surface area contributed by atoms with Gasteiger partial charge in [-0.3, -0.25) is 9.59 Å². The molecule has 1 aromatic carbocycles. The van der Waals surface area contributed by atoms with Gasteiger partial charge in [-0.2, -0.15) is 0 Å². The molecule has 5 nitrogen and oxygen atoms in total. The minimum absolute atomic E-state index is 0.0731. The summed E-state index contributed by atoms with van der Waals surface area (Å²) in [5, 5.41) is 15.2. The maximum Gasteiger partial charge on any atom is 0.306 e. The van der Waals surface area contributed by atoms with E-state index in [9.17, 15) is 9.59 Å². The van der Waals surface area contributed by atoms with Gasteiger partial charge < -0.3 is 15.7 Å². The molecular formula is C16H22N2O3. The van der Waals surface area contributed by atoms with Crippen molar-refractivity contribution in [1.29, 1.82) is 0 Å². The zero-order valence-electron chi connectivity index (χ0n) is 12.3. The molecule has 0 unspecified atom stereocenters. The highest BCUT2D eigenvalue weighted by Crippen LogP contribution is 2.24. The second-order valence-corrected chi connectivity index (χ2v) is 5.65. The van der Waals surface area contributed by atoms with E-state index in [0.29, 0.717) is 6.04 Å². The van der Waals surface area contributed by atoms with E-state index >= 15 is 0 Å². The molecular weight excluding hydrogens is 268 g/mol. The van der Waals surface area contributed by atoms with Gasteiger partial charge in [0.05, 0.1) is 5.92 Å². The quantitative estimate of drug-likeness (QED) is 0.778. The van der Waals surface area contributed by atoms with E-state index in [0.717, 1.165) is 43.5 Å². The number of carboxylic acids is 1. The topological polar surface area (TPSA) is 78.4 Å². The molecule has 0 aromatic heterocycles. The summed E-state index contributed by atoms with van der Waals surface area (Å²) in [6.45, 7) is 2.26. The fourth-order valence-corrected chi connectivity index (χ4v) is 2.72. The lowest BCUT2D eigenvalue weighted by Gasteiger charge is -2.27. The standard InChI is InChI=1S/C16H22N2O3/c1-11(19)18-15-6-2-12(3-7-15)10-17-14-8-4-13(5-9-14)16(20)21/h2-3,6-7,13-14,17H,4-5,8-10H2,1H3,(H,18,19)(H,20,21). The van der Waals surface area contributed by atoms with E-state index in [4.69, 9.17) is 5.11 Å². The molecule has 0 saturated heterocycles. The number of anilines is 1. The smallest absolute Gasteiger partial charge is 0.306 e. The number of carboxylic acid groups (broad SMARTS) is 1. The molecule has 1 amide bonds. The van der Waals surface area contributed by atoms with Gasteiger partial charge in [0.1, 0.15) is 0 Å². The van der Waals surface area contributed by atoms with Crippen LogP contribution in [-0.2, 0) is 16.1 Å². The number of aliphatic carboxylic acids is 1. The molecule has 0 radical (unpaired) electrons. The highest BCUT2D eigenvalue weighted by molar-refractivity contribution is 5.88. The van der Waals surface area contributed by atoms with Crippen LogP contribution in [-0.4, -0.2) is 23.0 Å². The Morgan fingerprint density at radius 3 is 2.29 bits per heavy atom. The minimum atomic E-state index is -0.665. The van der Waals surface area contributed by atoms with Gasteiger partial charge in [-0.05, 0) is 43.4 Å². The predicted octanol–water partition coefficient (Wildman–Crippen LogP) is 2.38. The summed E-state index contributed by atoms with van der Waals surface area (Å²) < 4.78 is 0.